The summed E-state index contributed by atoms with van der Waals surface area (Å²) in [4.78, 5) is 10.8. The molecule has 1 N–H and O–H groups in total. The van der Waals surface area contributed by atoms with Gasteiger partial charge in [0.05, 0.1) is 0 Å². The number of nitrogens with zero attached hydrogens (tertiary/aromatic N) is 1. The molecule has 0 atom stereocenters. The van der Waals surface area contributed by atoms with Crippen molar-refractivity contribution in [1.29, 1.82) is 0 Å². The maximum absolute atomic E-state index is 10.8. The van der Waals surface area contributed by atoms with Crippen LogP contribution in [0.15, 0.2) is 10.8 Å². The fourth-order valence-corrected chi connectivity index (χ4v) is 1.12. The van der Waals surface area contributed by atoms with E-state index < -0.39 is 6.29 Å². The summed E-state index contributed by atoms with van der Waals surface area (Å²) < 4.78 is 14.8. The predicted molar refractivity (Wildman–Crippen MR) is 52.3 cm³/mol. The molecule has 1 aromatic heterocycles. The molecule has 15 heavy (non-hydrogen) atoms. The van der Waals surface area contributed by atoms with Crippen molar-refractivity contribution in [2.24, 2.45) is 0 Å². The quantitative estimate of drug-likeness (QED) is 0.734. The van der Waals surface area contributed by atoms with Crippen LogP contribution in [0.5, 0.6) is 0 Å². The summed E-state index contributed by atoms with van der Waals surface area (Å²) in [6.45, 7) is 1.42. The molecule has 1 amide bonds. The second-order valence-corrected chi connectivity index (χ2v) is 2.96. The largest absolute Gasteiger partial charge is 0.362 e. The minimum Gasteiger partial charge on any atom is -0.362 e. The van der Waals surface area contributed by atoms with Crippen molar-refractivity contribution in [3.63, 3.8) is 0 Å². The summed E-state index contributed by atoms with van der Waals surface area (Å²) in [5.41, 5.74) is 1.14. The number of hydrogen-bond acceptors (Lipinski definition) is 5. The Morgan fingerprint density at radius 1 is 1.60 bits per heavy atom. The van der Waals surface area contributed by atoms with Gasteiger partial charge in [-0.1, -0.05) is 5.16 Å². The normalized spacial score (nSPS) is 10.7. The number of methoxy groups -OCH3 is 2. The molecule has 0 aromatic carbocycles. The second kappa shape index (κ2) is 5.47. The van der Waals surface area contributed by atoms with Crippen molar-refractivity contribution in [2.75, 3.05) is 19.5 Å². The zero-order chi connectivity index (χ0) is 11.3. The molecule has 1 aromatic rings. The molecule has 0 fully saturated rings. The van der Waals surface area contributed by atoms with E-state index in [0.717, 1.165) is 0 Å². The fraction of sp³-hybridized carbons (Fsp3) is 0.556. The van der Waals surface area contributed by atoms with Crippen LogP contribution in [0, 0.1) is 0 Å². The average Bonchev–Trinajstić information content (AvgIpc) is 2.61. The molecule has 0 aliphatic carbocycles. The first kappa shape index (κ1) is 11.7. The smallest absolute Gasteiger partial charge is 0.221 e. The van der Waals surface area contributed by atoms with E-state index in [1.54, 1.807) is 0 Å². The molecular formula is C9H14N2O4. The number of carbonyl (C=O) groups is 1. The highest BCUT2D eigenvalue weighted by molar-refractivity contribution is 5.88. The van der Waals surface area contributed by atoms with Gasteiger partial charge in [0.25, 0.3) is 0 Å². The summed E-state index contributed by atoms with van der Waals surface area (Å²) in [6, 6.07) is 0. The Bertz CT molecular complexity index is 320. The number of anilines is 1. The number of nitrogens with one attached hydrogen (secondary N) is 1. The Labute approximate surface area is 87.5 Å². The van der Waals surface area contributed by atoms with Crippen molar-refractivity contribution >= 4 is 11.6 Å². The van der Waals surface area contributed by atoms with Crippen LogP contribution in [0.1, 0.15) is 12.6 Å². The molecule has 0 saturated heterocycles. The molecule has 0 aliphatic heterocycles. The van der Waals surface area contributed by atoms with Gasteiger partial charge in [0.1, 0.15) is 17.6 Å². The highest BCUT2D eigenvalue weighted by Gasteiger charge is 2.14. The van der Waals surface area contributed by atoms with Crippen LogP contribution in [0.25, 0.3) is 0 Å². The SMILES string of the molecule is COC(Cc1nocc1NC(C)=O)OC. The van der Waals surface area contributed by atoms with E-state index in [4.69, 9.17) is 14.0 Å². The predicted octanol–water partition coefficient (Wildman–Crippen LogP) is 0.794. The van der Waals surface area contributed by atoms with Gasteiger partial charge < -0.3 is 19.3 Å². The van der Waals surface area contributed by atoms with Crippen LogP contribution in [-0.4, -0.2) is 31.6 Å². The Balaban J connectivity index is 2.67. The topological polar surface area (TPSA) is 73.6 Å². The number of ether oxygens (including phenoxy) is 2. The van der Waals surface area contributed by atoms with Gasteiger partial charge in [-0.15, -0.1) is 0 Å². The third-order valence-corrected chi connectivity index (χ3v) is 1.84. The fourth-order valence-electron chi connectivity index (χ4n) is 1.12. The lowest BCUT2D eigenvalue weighted by Gasteiger charge is -2.11. The minimum atomic E-state index is -0.400. The average molecular weight is 214 g/mol. The Hall–Kier alpha value is -1.40. The monoisotopic (exact) mass is 214 g/mol. The lowest BCUT2D eigenvalue weighted by atomic mass is 10.2. The third kappa shape index (κ3) is 3.34. The molecule has 0 radical (unpaired) electrons. The number of hydrogen-bond donors (Lipinski definition) is 1. The molecule has 0 unspecified atom stereocenters. The summed E-state index contributed by atoms with van der Waals surface area (Å²) in [5, 5.41) is 6.36. The van der Waals surface area contributed by atoms with E-state index in [1.165, 1.54) is 27.4 Å². The summed E-state index contributed by atoms with van der Waals surface area (Å²) >= 11 is 0. The van der Waals surface area contributed by atoms with Crippen molar-refractivity contribution < 1.29 is 18.8 Å². The zero-order valence-electron chi connectivity index (χ0n) is 8.94. The van der Waals surface area contributed by atoms with Gasteiger partial charge in [0.15, 0.2) is 6.29 Å². The maximum atomic E-state index is 10.8. The first-order chi connectivity index (χ1) is 7.17. The zero-order valence-corrected chi connectivity index (χ0v) is 8.94. The van der Waals surface area contributed by atoms with Crippen molar-refractivity contribution in [3.8, 4) is 0 Å². The van der Waals surface area contributed by atoms with E-state index in [2.05, 4.69) is 10.5 Å². The molecule has 1 rings (SSSR count). The molecule has 0 saturated carbocycles. The molecule has 0 bridgehead atoms. The lowest BCUT2D eigenvalue weighted by molar-refractivity contribution is -0.114. The Morgan fingerprint density at radius 2 is 2.27 bits per heavy atom. The first-order valence-corrected chi connectivity index (χ1v) is 4.43. The number of amides is 1. The van der Waals surface area contributed by atoms with Crippen LogP contribution in [0.3, 0.4) is 0 Å². The van der Waals surface area contributed by atoms with E-state index in [9.17, 15) is 4.79 Å². The van der Waals surface area contributed by atoms with E-state index in [0.29, 0.717) is 17.8 Å². The van der Waals surface area contributed by atoms with Crippen LogP contribution in [0.2, 0.25) is 0 Å². The van der Waals surface area contributed by atoms with E-state index in [-0.39, 0.29) is 5.91 Å². The van der Waals surface area contributed by atoms with Crippen molar-refractivity contribution in [2.45, 2.75) is 19.6 Å². The summed E-state index contributed by atoms with van der Waals surface area (Å²) in [5.74, 6) is -0.175. The summed E-state index contributed by atoms with van der Waals surface area (Å²) in [7, 11) is 3.07. The maximum Gasteiger partial charge on any atom is 0.221 e. The molecule has 1 heterocycles. The Morgan fingerprint density at radius 3 is 2.80 bits per heavy atom. The standard InChI is InChI=1S/C9H14N2O4/c1-6(12)10-8-5-15-11-7(8)4-9(13-2)14-3/h5,9H,4H2,1-3H3,(H,10,12). The van der Waals surface area contributed by atoms with Crippen LogP contribution < -0.4 is 5.32 Å². The molecule has 6 nitrogen and oxygen atoms in total. The van der Waals surface area contributed by atoms with E-state index >= 15 is 0 Å². The van der Waals surface area contributed by atoms with Crippen LogP contribution in [-0.2, 0) is 20.7 Å². The lowest BCUT2D eigenvalue weighted by Crippen LogP contribution is -2.17. The molecule has 6 heteroatoms. The van der Waals surface area contributed by atoms with Gasteiger partial charge in [0.2, 0.25) is 5.91 Å². The van der Waals surface area contributed by atoms with Gasteiger partial charge in [-0.2, -0.15) is 0 Å². The molecule has 0 aliphatic rings. The van der Waals surface area contributed by atoms with Gasteiger partial charge >= 0.3 is 0 Å². The van der Waals surface area contributed by atoms with Gasteiger partial charge in [-0.3, -0.25) is 4.79 Å². The number of rotatable bonds is 5. The minimum absolute atomic E-state index is 0.175. The third-order valence-electron chi connectivity index (χ3n) is 1.84. The van der Waals surface area contributed by atoms with Crippen molar-refractivity contribution in [3.05, 3.63) is 12.0 Å². The Kier molecular flexibility index (Phi) is 4.26. The first-order valence-electron chi connectivity index (χ1n) is 4.43. The van der Waals surface area contributed by atoms with Crippen LogP contribution in [0.4, 0.5) is 5.69 Å². The summed E-state index contributed by atoms with van der Waals surface area (Å²) in [6.07, 6.45) is 1.39. The van der Waals surface area contributed by atoms with E-state index in [1.807, 2.05) is 0 Å². The highest BCUT2D eigenvalue weighted by atomic mass is 16.7. The molecule has 0 spiro atoms. The molecular weight excluding hydrogens is 200 g/mol. The van der Waals surface area contributed by atoms with Crippen molar-refractivity contribution in [1.82, 2.24) is 5.16 Å². The van der Waals surface area contributed by atoms with Gasteiger partial charge in [-0.05, 0) is 0 Å². The van der Waals surface area contributed by atoms with Gasteiger partial charge in [0, 0.05) is 27.6 Å². The van der Waals surface area contributed by atoms with Crippen LogP contribution >= 0.6 is 0 Å². The number of carbonyl (C=O) groups excluding carboxylic acids is 1. The second-order valence-electron chi connectivity index (χ2n) is 2.96. The number of aromatic nitrogens is 1. The highest BCUT2D eigenvalue weighted by Crippen LogP contribution is 2.16. The van der Waals surface area contributed by atoms with Gasteiger partial charge in [-0.25, -0.2) is 0 Å². The molecule has 84 valence electrons.